The van der Waals surface area contributed by atoms with E-state index >= 15 is 0 Å². The van der Waals surface area contributed by atoms with Crippen LogP contribution in [-0.4, -0.2) is 37.1 Å². The number of hydrogen-bond acceptors (Lipinski definition) is 2. The fraction of sp³-hybridized carbons (Fsp3) is 0.667. The maximum Gasteiger partial charge on any atom is 0.00965 e. The summed E-state index contributed by atoms with van der Waals surface area (Å²) in [5.74, 6) is 0.938. The van der Waals surface area contributed by atoms with Crippen molar-refractivity contribution in [3.63, 3.8) is 0 Å². The largest absolute Gasteiger partial charge is 0.317 e. The van der Waals surface area contributed by atoms with E-state index in [0.717, 1.165) is 12.0 Å². The average molecular weight is 272 g/mol. The van der Waals surface area contributed by atoms with Gasteiger partial charge in [0.15, 0.2) is 0 Å². The van der Waals surface area contributed by atoms with Crippen molar-refractivity contribution in [1.82, 2.24) is 10.2 Å². The molecule has 0 spiro atoms. The van der Waals surface area contributed by atoms with Gasteiger partial charge in [-0.15, -0.1) is 0 Å². The second-order valence-corrected chi connectivity index (χ2v) is 6.51. The first-order chi connectivity index (χ1) is 9.92. The highest BCUT2D eigenvalue weighted by Crippen LogP contribution is 2.29. The van der Waals surface area contributed by atoms with Gasteiger partial charge in [0, 0.05) is 12.6 Å². The van der Waals surface area contributed by atoms with Crippen molar-refractivity contribution in [2.75, 3.05) is 26.2 Å². The molecule has 2 nitrogen and oxygen atoms in total. The first-order valence-electron chi connectivity index (χ1n) is 8.40. The number of rotatable bonds is 7. The molecular weight excluding hydrogens is 244 g/mol. The first-order valence-corrected chi connectivity index (χ1v) is 8.40. The second-order valence-electron chi connectivity index (χ2n) is 6.51. The molecule has 1 aromatic carbocycles. The lowest BCUT2D eigenvalue weighted by molar-refractivity contribution is 0.195. The van der Waals surface area contributed by atoms with Crippen LogP contribution < -0.4 is 5.32 Å². The molecule has 20 heavy (non-hydrogen) atoms. The fourth-order valence-electron chi connectivity index (χ4n) is 3.39. The zero-order chi connectivity index (χ0) is 13.6. The van der Waals surface area contributed by atoms with Crippen LogP contribution in [0.1, 0.15) is 37.7 Å². The van der Waals surface area contributed by atoms with Gasteiger partial charge in [-0.2, -0.15) is 0 Å². The van der Waals surface area contributed by atoms with E-state index in [0.29, 0.717) is 0 Å². The zero-order valence-electron chi connectivity index (χ0n) is 12.6. The van der Waals surface area contributed by atoms with Gasteiger partial charge in [-0.05, 0) is 69.6 Å². The van der Waals surface area contributed by atoms with Crippen LogP contribution in [0.2, 0.25) is 0 Å². The van der Waals surface area contributed by atoms with E-state index in [4.69, 9.17) is 0 Å². The normalized spacial score (nSPS) is 20.4. The van der Waals surface area contributed by atoms with Crippen molar-refractivity contribution in [2.24, 2.45) is 5.92 Å². The summed E-state index contributed by atoms with van der Waals surface area (Å²) in [7, 11) is 0. The molecule has 3 rings (SSSR count). The standard InChI is InChI=1S/C18H28N2/c1-2-5-16(6-3-1)7-4-14-20(18-8-9-18)15-17-10-12-19-13-11-17/h1-3,5-6,17-19H,4,7-15H2. The summed E-state index contributed by atoms with van der Waals surface area (Å²) in [6.07, 6.45) is 8.18. The molecule has 0 aromatic heterocycles. The summed E-state index contributed by atoms with van der Waals surface area (Å²) in [5, 5.41) is 3.48. The van der Waals surface area contributed by atoms with Gasteiger partial charge in [0.05, 0.1) is 0 Å². The SMILES string of the molecule is c1ccc(CCCN(CC2CCNCC2)C2CC2)cc1. The molecular formula is C18H28N2. The van der Waals surface area contributed by atoms with Crippen molar-refractivity contribution in [3.05, 3.63) is 35.9 Å². The van der Waals surface area contributed by atoms with Crippen LogP contribution in [0.5, 0.6) is 0 Å². The van der Waals surface area contributed by atoms with Gasteiger partial charge in [0.1, 0.15) is 0 Å². The van der Waals surface area contributed by atoms with Crippen molar-refractivity contribution < 1.29 is 0 Å². The van der Waals surface area contributed by atoms with Gasteiger partial charge >= 0.3 is 0 Å². The smallest absolute Gasteiger partial charge is 0.00965 e. The van der Waals surface area contributed by atoms with Crippen LogP contribution >= 0.6 is 0 Å². The molecule has 0 atom stereocenters. The van der Waals surface area contributed by atoms with Crippen LogP contribution in [-0.2, 0) is 6.42 Å². The highest BCUT2D eigenvalue weighted by atomic mass is 15.2. The molecule has 0 bridgehead atoms. The van der Waals surface area contributed by atoms with Crippen LogP contribution in [0.25, 0.3) is 0 Å². The maximum absolute atomic E-state index is 3.48. The molecule has 1 saturated carbocycles. The maximum atomic E-state index is 3.48. The minimum absolute atomic E-state index is 0.917. The van der Waals surface area contributed by atoms with E-state index in [9.17, 15) is 0 Å². The van der Waals surface area contributed by atoms with Gasteiger partial charge in [-0.1, -0.05) is 30.3 Å². The molecule has 1 aliphatic heterocycles. The Morgan fingerprint density at radius 1 is 1.00 bits per heavy atom. The molecule has 2 fully saturated rings. The summed E-state index contributed by atoms with van der Waals surface area (Å²) < 4.78 is 0. The molecule has 1 saturated heterocycles. The molecule has 0 unspecified atom stereocenters. The summed E-state index contributed by atoms with van der Waals surface area (Å²) in [4.78, 5) is 2.79. The Morgan fingerprint density at radius 2 is 1.75 bits per heavy atom. The number of benzene rings is 1. The lowest BCUT2D eigenvalue weighted by Gasteiger charge is -2.30. The van der Waals surface area contributed by atoms with Crippen molar-refractivity contribution in [3.8, 4) is 0 Å². The third kappa shape index (κ3) is 4.32. The predicted octanol–water partition coefficient (Wildman–Crippen LogP) is 3.08. The third-order valence-electron chi connectivity index (χ3n) is 4.77. The number of hydrogen-bond donors (Lipinski definition) is 1. The Hall–Kier alpha value is -0.860. The summed E-state index contributed by atoms with van der Waals surface area (Å²) in [6, 6.07) is 11.9. The van der Waals surface area contributed by atoms with Gasteiger partial charge in [-0.25, -0.2) is 0 Å². The number of nitrogens with one attached hydrogen (secondary N) is 1. The molecule has 1 N–H and O–H groups in total. The molecule has 1 aromatic rings. The molecule has 110 valence electrons. The zero-order valence-corrected chi connectivity index (χ0v) is 12.6. The lowest BCUT2D eigenvalue weighted by atomic mass is 9.97. The van der Waals surface area contributed by atoms with E-state index < -0.39 is 0 Å². The lowest BCUT2D eigenvalue weighted by Crippen LogP contribution is -2.37. The Labute approximate surface area is 123 Å². The van der Waals surface area contributed by atoms with Crippen molar-refractivity contribution >= 4 is 0 Å². The molecule has 1 heterocycles. The minimum Gasteiger partial charge on any atom is -0.317 e. The van der Waals surface area contributed by atoms with Crippen LogP contribution in [0.15, 0.2) is 30.3 Å². The highest BCUT2D eigenvalue weighted by Gasteiger charge is 2.30. The van der Waals surface area contributed by atoms with Crippen LogP contribution in [0.4, 0.5) is 0 Å². The number of aryl methyl sites for hydroxylation is 1. The number of piperidine rings is 1. The van der Waals surface area contributed by atoms with Crippen molar-refractivity contribution in [1.29, 1.82) is 0 Å². The Kier molecular flexibility index (Phi) is 5.10. The summed E-state index contributed by atoms with van der Waals surface area (Å²) in [5.41, 5.74) is 1.49. The predicted molar refractivity (Wildman–Crippen MR) is 85.0 cm³/mol. The second kappa shape index (κ2) is 7.24. The van der Waals surface area contributed by atoms with Crippen molar-refractivity contribution in [2.45, 2.75) is 44.6 Å². The summed E-state index contributed by atoms with van der Waals surface area (Å²) in [6.45, 7) is 5.10. The molecule has 2 heteroatoms. The third-order valence-corrected chi connectivity index (χ3v) is 4.77. The fourth-order valence-corrected chi connectivity index (χ4v) is 3.39. The van der Waals surface area contributed by atoms with E-state index in [2.05, 4.69) is 40.5 Å². The van der Waals surface area contributed by atoms with E-state index in [-0.39, 0.29) is 0 Å². The molecule has 2 aliphatic rings. The topological polar surface area (TPSA) is 15.3 Å². The van der Waals surface area contributed by atoms with Crippen LogP contribution in [0, 0.1) is 5.92 Å². The van der Waals surface area contributed by atoms with Gasteiger partial charge in [-0.3, -0.25) is 0 Å². The van der Waals surface area contributed by atoms with E-state index in [1.54, 1.807) is 0 Å². The molecule has 1 aliphatic carbocycles. The van der Waals surface area contributed by atoms with E-state index in [1.807, 2.05) is 0 Å². The van der Waals surface area contributed by atoms with E-state index in [1.165, 1.54) is 70.3 Å². The molecule has 0 amide bonds. The quantitative estimate of drug-likeness (QED) is 0.820. The van der Waals surface area contributed by atoms with Crippen LogP contribution in [0.3, 0.4) is 0 Å². The van der Waals surface area contributed by atoms with Gasteiger partial charge in [0.2, 0.25) is 0 Å². The Balaban J connectivity index is 1.42. The molecule has 0 radical (unpaired) electrons. The van der Waals surface area contributed by atoms with Gasteiger partial charge < -0.3 is 10.2 Å². The number of nitrogens with zero attached hydrogens (tertiary/aromatic N) is 1. The Morgan fingerprint density at radius 3 is 2.45 bits per heavy atom. The Bertz CT molecular complexity index is 380. The average Bonchev–Trinajstić information content (AvgIpc) is 3.33. The first kappa shape index (κ1) is 14.1. The van der Waals surface area contributed by atoms with Gasteiger partial charge in [0.25, 0.3) is 0 Å². The summed E-state index contributed by atoms with van der Waals surface area (Å²) >= 11 is 0. The minimum atomic E-state index is 0.917. The monoisotopic (exact) mass is 272 g/mol. The highest BCUT2D eigenvalue weighted by molar-refractivity contribution is 5.14.